The van der Waals surface area contributed by atoms with Gasteiger partial charge in [-0.1, -0.05) is 44.2 Å². The first kappa shape index (κ1) is 17.5. The van der Waals surface area contributed by atoms with E-state index in [2.05, 4.69) is 63.2 Å². The summed E-state index contributed by atoms with van der Waals surface area (Å²) in [5.41, 5.74) is 2.04. The first-order valence-corrected chi connectivity index (χ1v) is 7.65. The van der Waals surface area contributed by atoms with Crippen LogP contribution in [-0.4, -0.2) is 25.5 Å². The molecule has 0 bridgehead atoms. The van der Waals surface area contributed by atoms with Crippen LogP contribution >= 0.6 is 12.4 Å². The molecule has 1 aliphatic rings. The molecule has 0 aromatic heterocycles. The van der Waals surface area contributed by atoms with Crippen LogP contribution in [0, 0.1) is 17.3 Å². The second-order valence-corrected chi connectivity index (χ2v) is 7.38. The van der Waals surface area contributed by atoms with Crippen LogP contribution in [0.3, 0.4) is 0 Å². The van der Waals surface area contributed by atoms with Crippen LogP contribution in [0.5, 0.6) is 0 Å². The molecule has 1 saturated carbocycles. The second-order valence-electron chi connectivity index (χ2n) is 7.38. The molecule has 2 rings (SSSR count). The highest BCUT2D eigenvalue weighted by atomic mass is 35.5. The van der Waals surface area contributed by atoms with Crippen molar-refractivity contribution in [2.75, 3.05) is 20.6 Å². The molecule has 0 saturated heterocycles. The van der Waals surface area contributed by atoms with Gasteiger partial charge in [-0.15, -0.1) is 12.4 Å². The Kier molecular flexibility index (Phi) is 6.54. The van der Waals surface area contributed by atoms with E-state index in [0.717, 1.165) is 11.8 Å². The van der Waals surface area contributed by atoms with E-state index in [9.17, 15) is 0 Å². The first-order chi connectivity index (χ1) is 8.96. The molecule has 0 aliphatic heterocycles. The molecule has 0 unspecified atom stereocenters. The second kappa shape index (κ2) is 7.47. The fourth-order valence-electron chi connectivity index (χ4n) is 3.66. The van der Waals surface area contributed by atoms with E-state index < -0.39 is 0 Å². The molecule has 1 aliphatic carbocycles. The van der Waals surface area contributed by atoms with E-state index in [1.54, 1.807) is 0 Å². The Labute approximate surface area is 131 Å². The molecule has 114 valence electrons. The molecule has 20 heavy (non-hydrogen) atoms. The topological polar surface area (TPSA) is 3.24 Å². The maximum Gasteiger partial charge on any atom is 0.000633 e. The summed E-state index contributed by atoms with van der Waals surface area (Å²) in [6.45, 7) is 6.13. The Balaban J connectivity index is 0.00000200. The third kappa shape index (κ3) is 5.10. The van der Waals surface area contributed by atoms with Gasteiger partial charge < -0.3 is 4.90 Å². The lowest BCUT2D eigenvalue weighted by Crippen LogP contribution is -2.36. The summed E-state index contributed by atoms with van der Waals surface area (Å²) in [7, 11) is 4.42. The van der Waals surface area contributed by atoms with Gasteiger partial charge in [0.1, 0.15) is 0 Å². The molecule has 0 spiro atoms. The van der Waals surface area contributed by atoms with Crippen LogP contribution in [0.15, 0.2) is 30.3 Å². The van der Waals surface area contributed by atoms with Crippen LogP contribution in [0.4, 0.5) is 0 Å². The van der Waals surface area contributed by atoms with Crippen LogP contribution in [0.1, 0.15) is 38.7 Å². The van der Waals surface area contributed by atoms with Crippen LogP contribution in [0.2, 0.25) is 0 Å². The first-order valence-electron chi connectivity index (χ1n) is 7.65. The number of halogens is 1. The summed E-state index contributed by atoms with van der Waals surface area (Å²) in [5.74, 6) is 1.71. The molecule has 0 amide bonds. The average Bonchev–Trinajstić information content (AvgIpc) is 2.33. The highest BCUT2D eigenvalue weighted by Gasteiger charge is 2.34. The van der Waals surface area contributed by atoms with E-state index >= 15 is 0 Å². The number of rotatable bonds is 4. The predicted molar refractivity (Wildman–Crippen MR) is 90.6 cm³/mol. The lowest BCUT2D eigenvalue weighted by atomic mass is 9.65. The average molecular weight is 296 g/mol. The largest absolute Gasteiger partial charge is 0.309 e. The normalized spacial score (nSPS) is 25.2. The van der Waals surface area contributed by atoms with Crippen molar-refractivity contribution in [3.8, 4) is 0 Å². The molecule has 1 aromatic rings. The van der Waals surface area contributed by atoms with Gasteiger partial charge in [0, 0.05) is 6.54 Å². The molecular formula is C18H30ClN. The Hall–Kier alpha value is -0.530. The van der Waals surface area contributed by atoms with Gasteiger partial charge in [-0.3, -0.25) is 0 Å². The maximum atomic E-state index is 2.44. The minimum atomic E-state index is 0. The Morgan fingerprint density at radius 2 is 1.75 bits per heavy atom. The van der Waals surface area contributed by atoms with Crippen molar-refractivity contribution in [2.45, 2.75) is 39.5 Å². The molecule has 2 atom stereocenters. The predicted octanol–water partition coefficient (Wildman–Crippen LogP) is 4.66. The molecule has 1 nitrogen and oxygen atoms in total. The minimum absolute atomic E-state index is 0. The monoisotopic (exact) mass is 295 g/mol. The van der Waals surface area contributed by atoms with Gasteiger partial charge >= 0.3 is 0 Å². The molecule has 1 fully saturated rings. The summed E-state index contributed by atoms with van der Waals surface area (Å²) in [4.78, 5) is 2.36. The van der Waals surface area contributed by atoms with Crippen molar-refractivity contribution < 1.29 is 0 Å². The molecular weight excluding hydrogens is 266 g/mol. The molecule has 0 heterocycles. The summed E-state index contributed by atoms with van der Waals surface area (Å²) in [5, 5.41) is 0. The molecule has 2 heteroatoms. The van der Waals surface area contributed by atoms with Crippen LogP contribution < -0.4 is 0 Å². The molecule has 1 aromatic carbocycles. The van der Waals surface area contributed by atoms with Crippen molar-refractivity contribution in [2.24, 2.45) is 17.3 Å². The zero-order valence-corrected chi connectivity index (χ0v) is 14.2. The Morgan fingerprint density at radius 1 is 1.10 bits per heavy atom. The summed E-state index contributed by atoms with van der Waals surface area (Å²) < 4.78 is 0. The number of benzene rings is 1. The van der Waals surface area contributed by atoms with Gasteiger partial charge in [-0.2, -0.15) is 0 Å². The highest BCUT2D eigenvalue weighted by molar-refractivity contribution is 5.85. The van der Waals surface area contributed by atoms with Gasteiger partial charge in [0.15, 0.2) is 0 Å². The lowest BCUT2D eigenvalue weighted by molar-refractivity contribution is 0.0976. The van der Waals surface area contributed by atoms with Gasteiger partial charge in [-0.05, 0) is 62.6 Å². The summed E-state index contributed by atoms with van der Waals surface area (Å²) in [6.07, 6.45) is 5.41. The molecule has 0 radical (unpaired) electrons. The van der Waals surface area contributed by atoms with Gasteiger partial charge in [0.05, 0.1) is 0 Å². The highest BCUT2D eigenvalue weighted by Crippen LogP contribution is 2.43. The quantitative estimate of drug-likeness (QED) is 0.781. The van der Waals surface area contributed by atoms with Crippen molar-refractivity contribution in [1.29, 1.82) is 0 Å². The van der Waals surface area contributed by atoms with Gasteiger partial charge in [0.25, 0.3) is 0 Å². The van der Waals surface area contributed by atoms with Gasteiger partial charge in [-0.25, -0.2) is 0 Å². The van der Waals surface area contributed by atoms with E-state index in [0.29, 0.717) is 5.41 Å². The van der Waals surface area contributed by atoms with Crippen LogP contribution in [0.25, 0.3) is 0 Å². The SMILES string of the molecule is CN(C)C[C@H]1CCC(C)(C)C[C@H]1Cc1ccccc1.Cl. The lowest BCUT2D eigenvalue weighted by Gasteiger charge is -2.42. The van der Waals surface area contributed by atoms with Gasteiger partial charge in [0.2, 0.25) is 0 Å². The fraction of sp³-hybridized carbons (Fsp3) is 0.667. The standard InChI is InChI=1S/C18H29N.ClH/c1-18(2)11-10-16(14-19(3)4)17(13-18)12-15-8-6-5-7-9-15;/h5-9,16-17H,10-14H2,1-4H3;1H/t16-,17-;/m1./s1. The third-order valence-electron chi connectivity index (χ3n) is 4.61. The van der Waals surface area contributed by atoms with E-state index in [1.807, 2.05) is 0 Å². The van der Waals surface area contributed by atoms with Crippen molar-refractivity contribution in [3.63, 3.8) is 0 Å². The molecule has 0 N–H and O–H groups in total. The summed E-state index contributed by atoms with van der Waals surface area (Å²) >= 11 is 0. The zero-order chi connectivity index (χ0) is 13.9. The van der Waals surface area contributed by atoms with Crippen molar-refractivity contribution in [1.82, 2.24) is 4.90 Å². The Morgan fingerprint density at radius 3 is 2.35 bits per heavy atom. The fourth-order valence-corrected chi connectivity index (χ4v) is 3.66. The third-order valence-corrected chi connectivity index (χ3v) is 4.61. The van der Waals surface area contributed by atoms with Crippen LogP contribution in [-0.2, 0) is 6.42 Å². The number of hydrogen-bond donors (Lipinski definition) is 0. The number of nitrogens with zero attached hydrogens (tertiary/aromatic N) is 1. The number of hydrogen-bond acceptors (Lipinski definition) is 1. The minimum Gasteiger partial charge on any atom is -0.309 e. The van der Waals surface area contributed by atoms with Crippen molar-refractivity contribution >= 4 is 12.4 Å². The summed E-state index contributed by atoms with van der Waals surface area (Å²) in [6, 6.07) is 11.0. The zero-order valence-electron chi connectivity index (χ0n) is 13.4. The van der Waals surface area contributed by atoms with E-state index in [1.165, 1.54) is 37.8 Å². The van der Waals surface area contributed by atoms with E-state index in [4.69, 9.17) is 0 Å². The van der Waals surface area contributed by atoms with E-state index in [-0.39, 0.29) is 12.4 Å². The maximum absolute atomic E-state index is 2.44. The van der Waals surface area contributed by atoms with Crippen molar-refractivity contribution in [3.05, 3.63) is 35.9 Å². The smallest absolute Gasteiger partial charge is 0.000633 e. The Bertz CT molecular complexity index is 386.